The number of thiophene rings is 1. The van der Waals surface area contributed by atoms with Gasteiger partial charge in [-0.05, 0) is 78.6 Å². The first-order valence-electron chi connectivity index (χ1n) is 11.4. The molecule has 0 saturated heterocycles. The topological polar surface area (TPSA) is 55.8 Å². The molecule has 4 nitrogen and oxygen atoms in total. The summed E-state index contributed by atoms with van der Waals surface area (Å²) in [5.41, 5.74) is 0.242. The zero-order chi connectivity index (χ0) is 24.7. The molecule has 1 aromatic heterocycles. The first-order valence-corrected chi connectivity index (χ1v) is 12.2. The maximum absolute atomic E-state index is 13.1. The average Bonchev–Trinajstić information content (AvgIpc) is 3.22. The van der Waals surface area contributed by atoms with E-state index < -0.39 is 24.3 Å². The molecule has 0 aliphatic carbocycles. The lowest BCUT2D eigenvalue weighted by Gasteiger charge is -2.16. The third kappa shape index (κ3) is 6.88. The molecule has 0 amide bonds. The Morgan fingerprint density at radius 2 is 1.85 bits per heavy atom. The van der Waals surface area contributed by atoms with Gasteiger partial charge in [-0.2, -0.15) is 13.2 Å². The molecule has 34 heavy (non-hydrogen) atoms. The van der Waals surface area contributed by atoms with Gasteiger partial charge < -0.3 is 14.6 Å². The predicted molar refractivity (Wildman–Crippen MR) is 128 cm³/mol. The Morgan fingerprint density at radius 1 is 1.06 bits per heavy atom. The zero-order valence-electron chi connectivity index (χ0n) is 19.3. The molecule has 0 saturated carbocycles. The number of hydrogen-bond acceptors (Lipinski definition) is 4. The lowest BCUT2D eigenvalue weighted by atomic mass is 9.96. The molecule has 0 fully saturated rings. The summed E-state index contributed by atoms with van der Waals surface area (Å²) in [6, 6.07) is 11.1. The van der Waals surface area contributed by atoms with E-state index in [2.05, 4.69) is 6.92 Å². The zero-order valence-corrected chi connectivity index (χ0v) is 20.1. The fourth-order valence-electron chi connectivity index (χ4n) is 3.84. The molecule has 1 heterocycles. The van der Waals surface area contributed by atoms with Crippen LogP contribution in [-0.4, -0.2) is 24.3 Å². The summed E-state index contributed by atoms with van der Waals surface area (Å²) < 4.78 is 51.4. The van der Waals surface area contributed by atoms with Crippen LogP contribution in [0.5, 0.6) is 11.5 Å². The number of unbranched alkanes of at least 4 members (excludes halogenated alkanes) is 1. The predicted octanol–water partition coefficient (Wildman–Crippen LogP) is 7.69. The summed E-state index contributed by atoms with van der Waals surface area (Å²) in [7, 11) is 0. The van der Waals surface area contributed by atoms with E-state index in [9.17, 15) is 18.0 Å². The van der Waals surface area contributed by atoms with E-state index in [1.807, 2.05) is 19.1 Å². The van der Waals surface area contributed by atoms with E-state index in [1.54, 1.807) is 29.5 Å². The quantitative estimate of drug-likeness (QED) is 0.280. The van der Waals surface area contributed by atoms with Gasteiger partial charge in [0.25, 0.3) is 0 Å². The Kier molecular flexibility index (Phi) is 8.83. The number of rotatable bonds is 12. The molecule has 0 radical (unpaired) electrons. The summed E-state index contributed by atoms with van der Waals surface area (Å²) in [6.07, 6.45) is 0.0867. The van der Waals surface area contributed by atoms with Crippen LogP contribution in [0.2, 0.25) is 0 Å². The summed E-state index contributed by atoms with van der Waals surface area (Å²) in [5, 5.41) is 9.44. The fourth-order valence-corrected chi connectivity index (χ4v) is 5.06. The smallest absolute Gasteiger partial charge is 0.416 e. The van der Waals surface area contributed by atoms with Gasteiger partial charge in [0.2, 0.25) is 0 Å². The molecule has 2 aromatic carbocycles. The van der Waals surface area contributed by atoms with E-state index in [0.717, 1.165) is 46.9 Å². The number of halogens is 3. The molecule has 8 heteroatoms. The second kappa shape index (κ2) is 11.6. The number of benzene rings is 2. The highest BCUT2D eigenvalue weighted by atomic mass is 32.1. The first kappa shape index (κ1) is 25.9. The molecular formula is C26H29F3O4S. The molecule has 0 aliphatic heterocycles. The Labute approximate surface area is 201 Å². The third-order valence-electron chi connectivity index (χ3n) is 5.67. The van der Waals surface area contributed by atoms with Crippen molar-refractivity contribution in [2.45, 2.75) is 58.0 Å². The number of carboxylic acid groups (broad SMARTS) is 1. The second-order valence-corrected chi connectivity index (χ2v) is 9.30. The van der Waals surface area contributed by atoms with Gasteiger partial charge in [0.15, 0.2) is 6.61 Å². The number of aliphatic carboxylic acids is 1. The van der Waals surface area contributed by atoms with E-state index in [-0.39, 0.29) is 5.92 Å². The number of hydrogen-bond donors (Lipinski definition) is 1. The van der Waals surface area contributed by atoms with Gasteiger partial charge in [-0.3, -0.25) is 0 Å². The number of carbonyl (C=O) groups is 1. The van der Waals surface area contributed by atoms with Crippen molar-refractivity contribution in [3.63, 3.8) is 0 Å². The van der Waals surface area contributed by atoms with Gasteiger partial charge in [-0.1, -0.05) is 26.7 Å². The standard InChI is InChI=1S/C26H29F3O4S/c1-3-5-6-18(24-15-19-13-20(26(27,28)29)7-10-23(19)34-24)11-12-32-21-8-9-22(17(4-2)14-21)33-16-25(30)31/h7-10,13-15,18H,3-6,11-12,16H2,1-2H3,(H,30,31). The monoisotopic (exact) mass is 494 g/mol. The SMILES string of the molecule is CCCCC(CCOc1ccc(OCC(=O)O)c(CC)c1)c1cc2cc(C(F)(F)F)ccc2s1. The van der Waals surface area contributed by atoms with Crippen molar-refractivity contribution in [1.29, 1.82) is 0 Å². The fraction of sp³-hybridized carbons (Fsp3) is 0.423. The van der Waals surface area contributed by atoms with Crippen molar-refractivity contribution in [3.8, 4) is 11.5 Å². The van der Waals surface area contributed by atoms with Crippen LogP contribution in [-0.2, 0) is 17.4 Å². The van der Waals surface area contributed by atoms with Crippen LogP contribution in [0.4, 0.5) is 13.2 Å². The molecule has 184 valence electrons. The highest BCUT2D eigenvalue weighted by molar-refractivity contribution is 7.19. The van der Waals surface area contributed by atoms with Crippen molar-refractivity contribution in [1.82, 2.24) is 0 Å². The maximum Gasteiger partial charge on any atom is 0.416 e. The molecule has 0 spiro atoms. The summed E-state index contributed by atoms with van der Waals surface area (Å²) in [4.78, 5) is 11.8. The molecular weight excluding hydrogens is 465 g/mol. The van der Waals surface area contributed by atoms with Crippen molar-refractivity contribution in [2.24, 2.45) is 0 Å². The Balaban J connectivity index is 1.69. The molecule has 0 aliphatic rings. The van der Waals surface area contributed by atoms with Gasteiger partial charge in [-0.15, -0.1) is 11.3 Å². The van der Waals surface area contributed by atoms with E-state index in [1.165, 1.54) is 6.07 Å². The number of aryl methyl sites for hydroxylation is 1. The van der Waals surface area contributed by atoms with Crippen LogP contribution in [0.25, 0.3) is 10.1 Å². The number of fused-ring (bicyclic) bond motifs is 1. The highest BCUT2D eigenvalue weighted by Gasteiger charge is 2.30. The lowest BCUT2D eigenvalue weighted by Crippen LogP contribution is -2.10. The van der Waals surface area contributed by atoms with Gasteiger partial charge in [0, 0.05) is 9.58 Å². The van der Waals surface area contributed by atoms with Crippen LogP contribution in [0.15, 0.2) is 42.5 Å². The molecule has 1 N–H and O–H groups in total. The van der Waals surface area contributed by atoms with Gasteiger partial charge >= 0.3 is 12.1 Å². The van der Waals surface area contributed by atoms with Gasteiger partial charge in [0.05, 0.1) is 12.2 Å². The first-order chi connectivity index (χ1) is 16.2. The number of ether oxygens (including phenoxy) is 2. The molecule has 3 aromatic rings. The van der Waals surface area contributed by atoms with Crippen molar-refractivity contribution >= 4 is 27.4 Å². The van der Waals surface area contributed by atoms with E-state index in [0.29, 0.717) is 29.9 Å². The van der Waals surface area contributed by atoms with Crippen molar-refractivity contribution in [2.75, 3.05) is 13.2 Å². The van der Waals surface area contributed by atoms with Crippen molar-refractivity contribution < 1.29 is 32.5 Å². The Hall–Kier alpha value is -2.74. The number of carboxylic acids is 1. The van der Waals surface area contributed by atoms with E-state index >= 15 is 0 Å². The second-order valence-electron chi connectivity index (χ2n) is 8.18. The summed E-state index contributed by atoms with van der Waals surface area (Å²) in [5.74, 6) is 0.383. The molecule has 1 atom stereocenters. The summed E-state index contributed by atoms with van der Waals surface area (Å²) >= 11 is 1.55. The number of alkyl halides is 3. The van der Waals surface area contributed by atoms with Gasteiger partial charge in [0.1, 0.15) is 11.5 Å². The molecule has 3 rings (SSSR count). The minimum absolute atomic E-state index is 0.204. The van der Waals surface area contributed by atoms with Crippen LogP contribution in [0, 0.1) is 0 Å². The summed E-state index contributed by atoms with van der Waals surface area (Å²) in [6.45, 7) is 4.15. The maximum atomic E-state index is 13.1. The minimum atomic E-state index is -4.35. The highest BCUT2D eigenvalue weighted by Crippen LogP contribution is 2.38. The molecule has 0 bridgehead atoms. The Bertz CT molecular complexity index is 1110. The van der Waals surface area contributed by atoms with Crippen LogP contribution in [0.3, 0.4) is 0 Å². The largest absolute Gasteiger partial charge is 0.494 e. The average molecular weight is 495 g/mol. The minimum Gasteiger partial charge on any atom is -0.494 e. The van der Waals surface area contributed by atoms with Crippen molar-refractivity contribution in [3.05, 3.63) is 58.5 Å². The third-order valence-corrected chi connectivity index (χ3v) is 6.95. The lowest BCUT2D eigenvalue weighted by molar-refractivity contribution is -0.139. The van der Waals surface area contributed by atoms with Crippen LogP contribution >= 0.6 is 11.3 Å². The van der Waals surface area contributed by atoms with E-state index in [4.69, 9.17) is 14.6 Å². The van der Waals surface area contributed by atoms with Crippen LogP contribution in [0.1, 0.15) is 61.5 Å². The molecule has 1 unspecified atom stereocenters. The Morgan fingerprint density at radius 3 is 2.53 bits per heavy atom. The van der Waals surface area contributed by atoms with Crippen LogP contribution < -0.4 is 9.47 Å². The normalized spacial score (nSPS) is 12.6. The van der Waals surface area contributed by atoms with Gasteiger partial charge in [-0.25, -0.2) is 4.79 Å².